The number of hydrogen-bond acceptors (Lipinski definition) is 4. The van der Waals surface area contributed by atoms with Crippen molar-refractivity contribution in [3.05, 3.63) is 65.5 Å². The van der Waals surface area contributed by atoms with Crippen LogP contribution in [0.2, 0.25) is 0 Å². The number of hydrogen-bond donors (Lipinski definition) is 1. The van der Waals surface area contributed by atoms with Crippen molar-refractivity contribution in [2.24, 2.45) is 0 Å². The Morgan fingerprint density at radius 2 is 1.72 bits per heavy atom. The Bertz CT molecular complexity index is 974. The number of rotatable bonds is 9. The Balaban J connectivity index is 1.88. The van der Waals surface area contributed by atoms with Crippen molar-refractivity contribution in [3.63, 3.8) is 0 Å². The van der Waals surface area contributed by atoms with Gasteiger partial charge in [-0.25, -0.2) is 17.1 Å². The predicted molar refractivity (Wildman–Crippen MR) is 108 cm³/mol. The molecule has 0 aliphatic heterocycles. The van der Waals surface area contributed by atoms with Gasteiger partial charge in [-0.2, -0.15) is 0 Å². The highest BCUT2D eigenvalue weighted by molar-refractivity contribution is 7.89. The van der Waals surface area contributed by atoms with E-state index in [-0.39, 0.29) is 35.4 Å². The third-order valence-electron chi connectivity index (χ3n) is 4.60. The summed E-state index contributed by atoms with van der Waals surface area (Å²) in [5, 5.41) is 2.72. The van der Waals surface area contributed by atoms with Crippen LogP contribution in [-0.4, -0.2) is 38.0 Å². The zero-order valence-corrected chi connectivity index (χ0v) is 17.5. The number of benzene rings is 2. The molecular weight excluding hydrogens is 395 g/mol. The number of nitrogens with one attached hydrogen (secondary N) is 1. The fourth-order valence-electron chi connectivity index (χ4n) is 2.84. The Morgan fingerprint density at radius 3 is 2.31 bits per heavy atom. The fraction of sp³-hybridized carbons (Fsp3) is 0.333. The molecule has 29 heavy (non-hydrogen) atoms. The maximum atomic E-state index is 13.8. The van der Waals surface area contributed by atoms with Crippen LogP contribution in [0.15, 0.2) is 53.4 Å². The summed E-state index contributed by atoms with van der Waals surface area (Å²) in [6.45, 7) is 3.25. The second-order valence-electron chi connectivity index (χ2n) is 6.82. The normalized spacial score (nSPS) is 12.6. The molecule has 0 heterocycles. The Morgan fingerprint density at radius 1 is 1.10 bits per heavy atom. The lowest BCUT2D eigenvalue weighted by atomic mass is 10.1. The third-order valence-corrected chi connectivity index (χ3v) is 6.47. The van der Waals surface area contributed by atoms with E-state index in [1.807, 2.05) is 0 Å². The largest absolute Gasteiger partial charge is 0.349 e. The third kappa shape index (κ3) is 5.95. The zero-order chi connectivity index (χ0) is 21.6. The van der Waals surface area contributed by atoms with Crippen LogP contribution in [0, 0.1) is 5.82 Å². The van der Waals surface area contributed by atoms with Crippen molar-refractivity contribution in [2.75, 3.05) is 13.6 Å². The van der Waals surface area contributed by atoms with Crippen LogP contribution in [0.1, 0.15) is 48.7 Å². The molecule has 156 valence electrons. The molecule has 1 N–H and O–H groups in total. The summed E-state index contributed by atoms with van der Waals surface area (Å²) in [7, 11) is -2.27. The Labute approximate surface area is 170 Å². The summed E-state index contributed by atoms with van der Waals surface area (Å²) in [6, 6.07) is 11.5. The van der Waals surface area contributed by atoms with Crippen molar-refractivity contribution in [1.82, 2.24) is 9.62 Å². The Kier molecular flexibility index (Phi) is 7.64. The zero-order valence-electron chi connectivity index (χ0n) is 16.7. The average molecular weight is 421 g/mol. The molecule has 0 radical (unpaired) electrons. The molecule has 0 bridgehead atoms. The van der Waals surface area contributed by atoms with Crippen LogP contribution in [0.25, 0.3) is 0 Å². The maximum absolute atomic E-state index is 13.8. The summed E-state index contributed by atoms with van der Waals surface area (Å²) < 4.78 is 40.1. The van der Waals surface area contributed by atoms with E-state index >= 15 is 0 Å². The van der Waals surface area contributed by atoms with Gasteiger partial charge in [0.05, 0.1) is 10.9 Å². The van der Waals surface area contributed by atoms with Crippen LogP contribution in [0.4, 0.5) is 4.39 Å². The van der Waals surface area contributed by atoms with Gasteiger partial charge in [-0.15, -0.1) is 0 Å². The summed E-state index contributed by atoms with van der Waals surface area (Å²) in [6.07, 6.45) is 0.430. The molecule has 1 atom stereocenters. The number of Topliss-reactive ketones (excluding diaryl/α,β-unsaturated/α-hetero) is 1. The van der Waals surface area contributed by atoms with E-state index in [9.17, 15) is 22.4 Å². The molecule has 0 fully saturated rings. The molecule has 1 amide bonds. The molecule has 0 spiro atoms. The lowest BCUT2D eigenvalue weighted by molar-refractivity contribution is -0.121. The number of sulfonamides is 1. The van der Waals surface area contributed by atoms with Crippen molar-refractivity contribution in [2.45, 2.75) is 37.6 Å². The topological polar surface area (TPSA) is 83.6 Å². The summed E-state index contributed by atoms with van der Waals surface area (Å²) >= 11 is 0. The second kappa shape index (κ2) is 9.76. The maximum Gasteiger partial charge on any atom is 0.242 e. The second-order valence-corrected chi connectivity index (χ2v) is 8.87. The number of nitrogens with zero attached hydrogens (tertiary/aromatic N) is 1. The van der Waals surface area contributed by atoms with E-state index < -0.39 is 16.1 Å². The SMILES string of the molecule is CC(=O)c1ccc(S(=O)(=O)N(C)CCCC(=O)NC(C)c2ccccc2F)cc1. The quantitative estimate of drug-likeness (QED) is 0.631. The molecule has 0 aliphatic rings. The predicted octanol–water partition coefficient (Wildman–Crippen LogP) is 3.31. The van der Waals surface area contributed by atoms with Gasteiger partial charge in [0, 0.05) is 31.1 Å². The minimum Gasteiger partial charge on any atom is -0.349 e. The summed E-state index contributed by atoms with van der Waals surface area (Å²) in [4.78, 5) is 23.5. The van der Waals surface area contributed by atoms with Crippen molar-refractivity contribution >= 4 is 21.7 Å². The Hall–Kier alpha value is -2.58. The molecule has 0 aromatic heterocycles. The first-order valence-electron chi connectivity index (χ1n) is 9.24. The van der Waals surface area contributed by atoms with Gasteiger partial charge in [-0.1, -0.05) is 30.3 Å². The molecule has 2 aromatic rings. The van der Waals surface area contributed by atoms with Crippen LogP contribution in [-0.2, 0) is 14.8 Å². The molecular formula is C21H25FN2O4S. The fourth-order valence-corrected chi connectivity index (χ4v) is 4.05. The number of amides is 1. The van der Waals surface area contributed by atoms with Crippen LogP contribution in [0.5, 0.6) is 0 Å². The van der Waals surface area contributed by atoms with Gasteiger partial charge >= 0.3 is 0 Å². The van der Waals surface area contributed by atoms with Gasteiger partial charge in [0.2, 0.25) is 15.9 Å². The van der Waals surface area contributed by atoms with Gasteiger partial charge in [0.25, 0.3) is 0 Å². The van der Waals surface area contributed by atoms with Crippen molar-refractivity contribution in [1.29, 1.82) is 0 Å². The summed E-state index contributed by atoms with van der Waals surface area (Å²) in [5.74, 6) is -0.808. The molecule has 6 nitrogen and oxygen atoms in total. The van der Waals surface area contributed by atoms with E-state index in [1.54, 1.807) is 25.1 Å². The molecule has 2 aromatic carbocycles. The van der Waals surface area contributed by atoms with E-state index in [0.29, 0.717) is 17.5 Å². The van der Waals surface area contributed by atoms with Gasteiger partial charge in [0.1, 0.15) is 5.82 Å². The van der Waals surface area contributed by atoms with Crippen LogP contribution >= 0.6 is 0 Å². The van der Waals surface area contributed by atoms with E-state index in [4.69, 9.17) is 0 Å². The first-order chi connectivity index (χ1) is 13.6. The summed E-state index contributed by atoms with van der Waals surface area (Å²) in [5.41, 5.74) is 0.835. The van der Waals surface area contributed by atoms with Gasteiger partial charge in [-0.3, -0.25) is 9.59 Å². The molecule has 0 saturated heterocycles. The van der Waals surface area contributed by atoms with Crippen LogP contribution in [0.3, 0.4) is 0 Å². The molecule has 0 aliphatic carbocycles. The first-order valence-corrected chi connectivity index (χ1v) is 10.7. The van der Waals surface area contributed by atoms with E-state index in [1.165, 1.54) is 48.6 Å². The number of halogens is 1. The molecule has 8 heteroatoms. The van der Waals surface area contributed by atoms with Crippen LogP contribution < -0.4 is 5.32 Å². The lowest BCUT2D eigenvalue weighted by Crippen LogP contribution is -2.30. The average Bonchev–Trinajstić information content (AvgIpc) is 2.68. The highest BCUT2D eigenvalue weighted by atomic mass is 32.2. The first kappa shape index (κ1) is 22.7. The number of ketones is 1. The molecule has 2 rings (SSSR count). The minimum absolute atomic E-state index is 0.0858. The smallest absolute Gasteiger partial charge is 0.242 e. The molecule has 0 saturated carbocycles. The highest BCUT2D eigenvalue weighted by Crippen LogP contribution is 2.18. The van der Waals surface area contributed by atoms with E-state index in [0.717, 1.165) is 0 Å². The van der Waals surface area contributed by atoms with Gasteiger partial charge < -0.3 is 5.32 Å². The molecule has 1 unspecified atom stereocenters. The monoisotopic (exact) mass is 420 g/mol. The standard InChI is InChI=1S/C21H25FN2O4S/c1-15(19-7-4-5-8-20(19)22)23-21(26)9-6-14-24(3)29(27,28)18-12-10-17(11-13-18)16(2)25/h4-5,7-8,10-13,15H,6,9,14H2,1-3H3,(H,23,26). The van der Waals surface area contributed by atoms with E-state index in [2.05, 4.69) is 5.32 Å². The van der Waals surface area contributed by atoms with Gasteiger partial charge in [0.15, 0.2) is 5.78 Å². The number of carbonyl (C=O) groups is 2. The van der Waals surface area contributed by atoms with Crippen molar-refractivity contribution < 1.29 is 22.4 Å². The van der Waals surface area contributed by atoms with Crippen molar-refractivity contribution in [3.8, 4) is 0 Å². The highest BCUT2D eigenvalue weighted by Gasteiger charge is 2.21. The van der Waals surface area contributed by atoms with Gasteiger partial charge in [-0.05, 0) is 38.5 Å². The minimum atomic E-state index is -3.71. The number of carbonyl (C=O) groups excluding carboxylic acids is 2. The lowest BCUT2D eigenvalue weighted by Gasteiger charge is -2.18.